The maximum atomic E-state index is 11.4. The molecule has 112 valence electrons. The molecule has 0 saturated heterocycles. The molecule has 1 aromatic carbocycles. The van der Waals surface area contributed by atoms with Gasteiger partial charge in [-0.05, 0) is 45.6 Å². The minimum Gasteiger partial charge on any atom is -0.444 e. The Morgan fingerprint density at radius 3 is 2.50 bits per heavy atom. The van der Waals surface area contributed by atoms with Crippen LogP contribution in [0.5, 0.6) is 0 Å². The molecule has 1 atom stereocenters. The summed E-state index contributed by atoms with van der Waals surface area (Å²) in [7, 11) is 0. The summed E-state index contributed by atoms with van der Waals surface area (Å²) in [5, 5.41) is 2.79. The van der Waals surface area contributed by atoms with Crippen molar-refractivity contribution in [2.24, 2.45) is 0 Å². The van der Waals surface area contributed by atoms with Gasteiger partial charge in [-0.25, -0.2) is 4.79 Å². The first-order chi connectivity index (χ1) is 9.38. The van der Waals surface area contributed by atoms with Crippen LogP contribution in [0.1, 0.15) is 51.0 Å². The number of carbonyl (C=O) groups excluding carboxylic acids is 1. The summed E-state index contributed by atoms with van der Waals surface area (Å²) >= 11 is 6.32. The van der Waals surface area contributed by atoms with Gasteiger partial charge in [-0.15, -0.1) is 11.6 Å². The van der Waals surface area contributed by atoms with Crippen LogP contribution < -0.4 is 5.32 Å². The number of alkyl carbamates (subject to hydrolysis) is 1. The number of benzene rings is 1. The average molecular weight is 298 g/mol. The van der Waals surface area contributed by atoms with Gasteiger partial charge in [-0.1, -0.05) is 30.3 Å². The van der Waals surface area contributed by atoms with Gasteiger partial charge in [0.05, 0.1) is 5.38 Å². The fraction of sp³-hybridized carbons (Fsp3) is 0.562. The normalized spacial score (nSPS) is 12.8. The summed E-state index contributed by atoms with van der Waals surface area (Å²) in [6, 6.07) is 10.1. The van der Waals surface area contributed by atoms with Crippen LogP contribution in [0.25, 0.3) is 0 Å². The molecule has 0 aliphatic heterocycles. The SMILES string of the molecule is CC(C)(C)OC(=O)NCCCCC(Cl)c1ccccc1. The summed E-state index contributed by atoms with van der Waals surface area (Å²) in [5.74, 6) is 0. The molecule has 0 fully saturated rings. The van der Waals surface area contributed by atoms with Crippen molar-refractivity contribution >= 4 is 17.7 Å². The van der Waals surface area contributed by atoms with Gasteiger partial charge in [-0.2, -0.15) is 0 Å². The highest BCUT2D eigenvalue weighted by Crippen LogP contribution is 2.25. The Morgan fingerprint density at radius 1 is 1.25 bits per heavy atom. The summed E-state index contributed by atoms with van der Waals surface area (Å²) in [6.45, 7) is 6.17. The first kappa shape index (κ1) is 16.8. The second kappa shape index (κ2) is 8.15. The van der Waals surface area contributed by atoms with Gasteiger partial charge in [0.2, 0.25) is 0 Å². The minimum atomic E-state index is -0.446. The maximum Gasteiger partial charge on any atom is 0.407 e. The van der Waals surface area contributed by atoms with Crippen LogP contribution >= 0.6 is 11.6 Å². The Labute approximate surface area is 126 Å². The van der Waals surface area contributed by atoms with E-state index >= 15 is 0 Å². The smallest absolute Gasteiger partial charge is 0.407 e. The number of rotatable bonds is 6. The van der Waals surface area contributed by atoms with Gasteiger partial charge in [0.1, 0.15) is 5.60 Å². The lowest BCUT2D eigenvalue weighted by Crippen LogP contribution is -2.33. The van der Waals surface area contributed by atoms with E-state index in [0.717, 1.165) is 24.8 Å². The third-order valence-electron chi connectivity index (χ3n) is 2.71. The number of amides is 1. The van der Waals surface area contributed by atoms with E-state index in [1.54, 1.807) is 0 Å². The van der Waals surface area contributed by atoms with E-state index in [-0.39, 0.29) is 11.5 Å². The molecule has 1 N–H and O–H groups in total. The Kier molecular flexibility index (Phi) is 6.86. The molecule has 0 saturated carbocycles. The average Bonchev–Trinajstić information content (AvgIpc) is 2.37. The fourth-order valence-corrected chi connectivity index (χ4v) is 2.08. The van der Waals surface area contributed by atoms with Gasteiger partial charge in [0.15, 0.2) is 0 Å². The number of unbranched alkanes of at least 4 members (excludes halogenated alkanes) is 1. The first-order valence-electron chi connectivity index (χ1n) is 7.04. The van der Waals surface area contributed by atoms with Gasteiger partial charge in [-0.3, -0.25) is 0 Å². The first-order valence-corrected chi connectivity index (χ1v) is 7.48. The molecular weight excluding hydrogens is 274 g/mol. The van der Waals surface area contributed by atoms with E-state index in [1.165, 1.54) is 0 Å². The monoisotopic (exact) mass is 297 g/mol. The number of ether oxygens (including phenoxy) is 1. The lowest BCUT2D eigenvalue weighted by atomic mass is 10.1. The van der Waals surface area contributed by atoms with Gasteiger partial charge in [0.25, 0.3) is 0 Å². The number of hydrogen-bond donors (Lipinski definition) is 1. The molecule has 0 aromatic heterocycles. The second-order valence-electron chi connectivity index (χ2n) is 5.80. The number of alkyl halides is 1. The third-order valence-corrected chi connectivity index (χ3v) is 3.18. The zero-order valence-electron chi connectivity index (χ0n) is 12.5. The number of nitrogens with one attached hydrogen (secondary N) is 1. The van der Waals surface area contributed by atoms with Crippen LogP contribution in [-0.2, 0) is 4.74 Å². The molecule has 1 aromatic rings. The molecule has 0 radical (unpaired) electrons. The van der Waals surface area contributed by atoms with Crippen molar-refractivity contribution in [3.05, 3.63) is 35.9 Å². The lowest BCUT2D eigenvalue weighted by Gasteiger charge is -2.19. The second-order valence-corrected chi connectivity index (χ2v) is 6.33. The van der Waals surface area contributed by atoms with E-state index in [4.69, 9.17) is 16.3 Å². The molecular formula is C16H24ClNO2. The quantitative estimate of drug-likeness (QED) is 0.612. The van der Waals surface area contributed by atoms with Gasteiger partial charge < -0.3 is 10.1 Å². The Bertz CT molecular complexity index is 401. The van der Waals surface area contributed by atoms with Crippen molar-refractivity contribution in [3.8, 4) is 0 Å². The molecule has 1 rings (SSSR count). The van der Waals surface area contributed by atoms with Crippen LogP contribution in [0.4, 0.5) is 4.79 Å². The summed E-state index contributed by atoms with van der Waals surface area (Å²) in [4.78, 5) is 11.4. The van der Waals surface area contributed by atoms with Gasteiger partial charge in [0, 0.05) is 6.54 Å². The summed E-state index contributed by atoms with van der Waals surface area (Å²) < 4.78 is 5.16. The Hall–Kier alpha value is -1.22. The van der Waals surface area contributed by atoms with Crippen LogP contribution in [0.2, 0.25) is 0 Å². The third kappa shape index (κ3) is 7.39. The summed E-state index contributed by atoms with van der Waals surface area (Å²) in [6.07, 6.45) is 2.42. The highest BCUT2D eigenvalue weighted by Gasteiger charge is 2.15. The molecule has 20 heavy (non-hydrogen) atoms. The minimum absolute atomic E-state index is 0.0396. The Balaban J connectivity index is 2.12. The van der Waals surface area contributed by atoms with Crippen molar-refractivity contribution in [3.63, 3.8) is 0 Å². The molecule has 1 unspecified atom stereocenters. The predicted octanol–water partition coefficient (Wildman–Crippen LogP) is 4.66. The van der Waals surface area contributed by atoms with Crippen molar-refractivity contribution < 1.29 is 9.53 Å². The lowest BCUT2D eigenvalue weighted by molar-refractivity contribution is 0.0527. The highest BCUT2D eigenvalue weighted by molar-refractivity contribution is 6.20. The van der Waals surface area contributed by atoms with Crippen molar-refractivity contribution in [2.75, 3.05) is 6.54 Å². The van der Waals surface area contributed by atoms with Crippen molar-refractivity contribution in [1.29, 1.82) is 0 Å². The summed E-state index contributed by atoms with van der Waals surface area (Å²) in [5.41, 5.74) is 0.702. The molecule has 1 amide bonds. The topological polar surface area (TPSA) is 38.3 Å². The molecule has 0 heterocycles. The van der Waals surface area contributed by atoms with Crippen molar-refractivity contribution in [1.82, 2.24) is 5.32 Å². The largest absolute Gasteiger partial charge is 0.444 e. The standard InChI is InChI=1S/C16H24ClNO2/c1-16(2,3)20-15(19)18-12-8-7-11-14(17)13-9-5-4-6-10-13/h4-6,9-10,14H,7-8,11-12H2,1-3H3,(H,18,19). The molecule has 4 heteroatoms. The van der Waals surface area contributed by atoms with Gasteiger partial charge >= 0.3 is 6.09 Å². The molecule has 0 bridgehead atoms. The number of hydrogen-bond acceptors (Lipinski definition) is 2. The highest BCUT2D eigenvalue weighted by atomic mass is 35.5. The van der Waals surface area contributed by atoms with Crippen LogP contribution in [0, 0.1) is 0 Å². The predicted molar refractivity (Wildman–Crippen MR) is 83.1 cm³/mol. The molecule has 0 spiro atoms. The van der Waals surface area contributed by atoms with E-state index in [0.29, 0.717) is 6.54 Å². The van der Waals surface area contributed by atoms with E-state index in [2.05, 4.69) is 5.32 Å². The van der Waals surface area contributed by atoms with E-state index in [9.17, 15) is 4.79 Å². The Morgan fingerprint density at radius 2 is 1.90 bits per heavy atom. The maximum absolute atomic E-state index is 11.4. The van der Waals surface area contributed by atoms with Crippen molar-refractivity contribution in [2.45, 2.75) is 51.0 Å². The van der Waals surface area contributed by atoms with E-state index in [1.807, 2.05) is 51.1 Å². The number of carbonyl (C=O) groups is 1. The zero-order valence-corrected chi connectivity index (χ0v) is 13.2. The molecule has 3 nitrogen and oxygen atoms in total. The van der Waals surface area contributed by atoms with E-state index < -0.39 is 5.60 Å². The molecule has 0 aliphatic carbocycles. The van der Waals surface area contributed by atoms with Crippen LogP contribution in [0.15, 0.2) is 30.3 Å². The van der Waals surface area contributed by atoms with Crippen LogP contribution in [0.3, 0.4) is 0 Å². The zero-order chi connectivity index (χ0) is 15.0. The number of halogens is 1. The molecule has 0 aliphatic rings. The van der Waals surface area contributed by atoms with Crippen LogP contribution in [-0.4, -0.2) is 18.2 Å². The fourth-order valence-electron chi connectivity index (χ4n) is 1.78.